The number of hydrogen-bond donors (Lipinski definition) is 2. The highest BCUT2D eigenvalue weighted by molar-refractivity contribution is 5.76. The molecule has 1 aromatic rings. The molecule has 1 amide bonds. The molecule has 0 unspecified atom stereocenters. The van der Waals surface area contributed by atoms with Crippen LogP contribution in [0.25, 0.3) is 0 Å². The van der Waals surface area contributed by atoms with Gasteiger partial charge >= 0.3 is 0 Å². The molecule has 0 saturated carbocycles. The topological polar surface area (TPSA) is 55.1 Å². The first-order valence-corrected chi connectivity index (χ1v) is 5.66. The van der Waals surface area contributed by atoms with Crippen molar-refractivity contribution in [2.24, 2.45) is 11.7 Å². The highest BCUT2D eigenvalue weighted by atomic mass is 16.1. The minimum absolute atomic E-state index is 0.0186. The van der Waals surface area contributed by atoms with Crippen molar-refractivity contribution in [2.75, 3.05) is 0 Å². The van der Waals surface area contributed by atoms with Gasteiger partial charge in [-0.25, -0.2) is 0 Å². The van der Waals surface area contributed by atoms with Gasteiger partial charge < -0.3 is 11.1 Å². The average molecular weight is 220 g/mol. The molecule has 0 aliphatic heterocycles. The van der Waals surface area contributed by atoms with Crippen LogP contribution in [0.1, 0.15) is 25.8 Å². The van der Waals surface area contributed by atoms with Crippen LogP contribution in [0.5, 0.6) is 0 Å². The monoisotopic (exact) mass is 220 g/mol. The highest BCUT2D eigenvalue weighted by Crippen LogP contribution is 2.03. The van der Waals surface area contributed by atoms with Crippen LogP contribution < -0.4 is 11.1 Å². The van der Waals surface area contributed by atoms with Crippen molar-refractivity contribution in [1.82, 2.24) is 5.32 Å². The Bertz CT molecular complexity index is 322. The third-order valence-corrected chi connectivity index (χ3v) is 2.61. The molecule has 0 radical (unpaired) electrons. The Kier molecular flexibility index (Phi) is 4.99. The summed E-state index contributed by atoms with van der Waals surface area (Å²) >= 11 is 0. The first kappa shape index (κ1) is 12.7. The largest absolute Gasteiger partial charge is 0.352 e. The summed E-state index contributed by atoms with van der Waals surface area (Å²) in [6.45, 7) is 4.62. The van der Waals surface area contributed by atoms with Gasteiger partial charge in [0.2, 0.25) is 5.91 Å². The van der Waals surface area contributed by atoms with Gasteiger partial charge in [0.05, 0.1) is 0 Å². The SMILES string of the molecule is CC(C)[C@H](N)CC(=O)NCc1ccccc1. The number of carbonyl (C=O) groups excluding carboxylic acids is 1. The Morgan fingerprint density at radius 3 is 2.50 bits per heavy atom. The minimum atomic E-state index is -0.0595. The highest BCUT2D eigenvalue weighted by Gasteiger charge is 2.12. The van der Waals surface area contributed by atoms with E-state index in [1.807, 2.05) is 44.2 Å². The minimum Gasteiger partial charge on any atom is -0.352 e. The first-order valence-electron chi connectivity index (χ1n) is 5.66. The normalized spacial score (nSPS) is 12.5. The van der Waals surface area contributed by atoms with Gasteiger partial charge in [0.25, 0.3) is 0 Å². The number of benzene rings is 1. The van der Waals surface area contributed by atoms with Crippen LogP contribution in [0.2, 0.25) is 0 Å². The Hall–Kier alpha value is -1.35. The number of hydrogen-bond acceptors (Lipinski definition) is 2. The first-order chi connectivity index (χ1) is 7.59. The maximum absolute atomic E-state index is 11.5. The molecule has 0 aromatic heterocycles. The Morgan fingerprint density at radius 2 is 1.94 bits per heavy atom. The third-order valence-electron chi connectivity index (χ3n) is 2.61. The van der Waals surface area contributed by atoms with Crippen LogP contribution in [-0.4, -0.2) is 11.9 Å². The summed E-state index contributed by atoms with van der Waals surface area (Å²) in [6, 6.07) is 9.80. The molecule has 0 spiro atoms. The molecule has 1 rings (SSSR count). The van der Waals surface area contributed by atoms with Gasteiger partial charge in [0.1, 0.15) is 0 Å². The van der Waals surface area contributed by atoms with Crippen LogP contribution in [0.15, 0.2) is 30.3 Å². The van der Waals surface area contributed by atoms with E-state index >= 15 is 0 Å². The van der Waals surface area contributed by atoms with Crippen molar-refractivity contribution < 1.29 is 4.79 Å². The zero-order valence-electron chi connectivity index (χ0n) is 9.94. The molecule has 0 bridgehead atoms. The summed E-state index contributed by atoms with van der Waals surface area (Å²) in [5.41, 5.74) is 6.93. The molecule has 0 aliphatic rings. The summed E-state index contributed by atoms with van der Waals surface area (Å²) in [5, 5.41) is 2.87. The molecule has 88 valence electrons. The predicted octanol–water partition coefficient (Wildman–Crippen LogP) is 1.68. The van der Waals surface area contributed by atoms with Crippen molar-refractivity contribution in [1.29, 1.82) is 0 Å². The van der Waals surface area contributed by atoms with Gasteiger partial charge in [-0.2, -0.15) is 0 Å². The summed E-state index contributed by atoms with van der Waals surface area (Å²) in [7, 11) is 0. The van der Waals surface area contributed by atoms with Gasteiger partial charge in [-0.05, 0) is 11.5 Å². The van der Waals surface area contributed by atoms with Crippen molar-refractivity contribution in [3.05, 3.63) is 35.9 Å². The van der Waals surface area contributed by atoms with Gasteiger partial charge in [-0.15, -0.1) is 0 Å². The van der Waals surface area contributed by atoms with Gasteiger partial charge in [0, 0.05) is 19.0 Å². The van der Waals surface area contributed by atoms with E-state index in [4.69, 9.17) is 5.73 Å². The van der Waals surface area contributed by atoms with Crippen LogP contribution in [0, 0.1) is 5.92 Å². The molecule has 0 heterocycles. The fourth-order valence-corrected chi connectivity index (χ4v) is 1.32. The number of nitrogens with one attached hydrogen (secondary N) is 1. The number of rotatable bonds is 5. The lowest BCUT2D eigenvalue weighted by Gasteiger charge is -2.14. The van der Waals surface area contributed by atoms with E-state index in [2.05, 4.69) is 5.32 Å². The molecule has 0 saturated heterocycles. The van der Waals surface area contributed by atoms with E-state index in [-0.39, 0.29) is 11.9 Å². The van der Waals surface area contributed by atoms with Gasteiger partial charge in [0.15, 0.2) is 0 Å². The molecule has 3 N–H and O–H groups in total. The summed E-state index contributed by atoms with van der Waals surface area (Å²) < 4.78 is 0. The van der Waals surface area contributed by atoms with E-state index in [0.29, 0.717) is 18.9 Å². The lowest BCUT2D eigenvalue weighted by molar-refractivity contribution is -0.121. The number of nitrogens with two attached hydrogens (primary N) is 1. The maximum Gasteiger partial charge on any atom is 0.221 e. The maximum atomic E-state index is 11.5. The lowest BCUT2D eigenvalue weighted by Crippen LogP contribution is -2.34. The zero-order valence-corrected chi connectivity index (χ0v) is 9.94. The van der Waals surface area contributed by atoms with E-state index in [1.54, 1.807) is 0 Å². The number of amides is 1. The van der Waals surface area contributed by atoms with Crippen molar-refractivity contribution in [3.8, 4) is 0 Å². The number of carbonyl (C=O) groups is 1. The summed E-state index contributed by atoms with van der Waals surface area (Å²) in [4.78, 5) is 11.5. The molecule has 1 atom stereocenters. The second-order valence-electron chi connectivity index (χ2n) is 4.37. The van der Waals surface area contributed by atoms with Crippen LogP contribution in [-0.2, 0) is 11.3 Å². The predicted molar refractivity (Wildman–Crippen MR) is 65.7 cm³/mol. The molecule has 0 fully saturated rings. The molecule has 1 aromatic carbocycles. The summed E-state index contributed by atoms with van der Waals surface area (Å²) in [5.74, 6) is 0.354. The van der Waals surface area contributed by atoms with E-state index in [1.165, 1.54) is 0 Å². The lowest BCUT2D eigenvalue weighted by atomic mass is 10.0. The summed E-state index contributed by atoms with van der Waals surface area (Å²) in [6.07, 6.45) is 0.393. The van der Waals surface area contributed by atoms with Crippen molar-refractivity contribution in [3.63, 3.8) is 0 Å². The molecule has 3 nitrogen and oxygen atoms in total. The molecule has 0 aliphatic carbocycles. The second kappa shape index (κ2) is 6.28. The van der Waals surface area contributed by atoms with E-state index in [9.17, 15) is 4.79 Å². The molecular formula is C13H20N2O. The van der Waals surface area contributed by atoms with Crippen LogP contribution in [0.4, 0.5) is 0 Å². The third kappa shape index (κ3) is 4.45. The van der Waals surface area contributed by atoms with Crippen molar-refractivity contribution in [2.45, 2.75) is 32.9 Å². The fourth-order valence-electron chi connectivity index (χ4n) is 1.32. The average Bonchev–Trinajstić information content (AvgIpc) is 2.27. The fraction of sp³-hybridized carbons (Fsp3) is 0.462. The standard InChI is InChI=1S/C13H20N2O/c1-10(2)12(14)8-13(16)15-9-11-6-4-3-5-7-11/h3-7,10,12H,8-9,14H2,1-2H3,(H,15,16)/t12-/m1/s1. The Labute approximate surface area is 97.0 Å². The molecule has 3 heteroatoms. The Morgan fingerprint density at radius 1 is 1.31 bits per heavy atom. The molecule has 16 heavy (non-hydrogen) atoms. The van der Waals surface area contributed by atoms with E-state index < -0.39 is 0 Å². The second-order valence-corrected chi connectivity index (χ2v) is 4.37. The van der Waals surface area contributed by atoms with Crippen molar-refractivity contribution >= 4 is 5.91 Å². The van der Waals surface area contributed by atoms with Crippen LogP contribution in [0.3, 0.4) is 0 Å². The smallest absolute Gasteiger partial charge is 0.221 e. The van der Waals surface area contributed by atoms with Gasteiger partial charge in [-0.1, -0.05) is 44.2 Å². The zero-order chi connectivity index (χ0) is 12.0. The van der Waals surface area contributed by atoms with Crippen LogP contribution >= 0.6 is 0 Å². The Balaban J connectivity index is 2.31. The van der Waals surface area contributed by atoms with Gasteiger partial charge in [-0.3, -0.25) is 4.79 Å². The quantitative estimate of drug-likeness (QED) is 0.793. The molecular weight excluding hydrogens is 200 g/mol. The van der Waals surface area contributed by atoms with E-state index in [0.717, 1.165) is 5.56 Å².